The Morgan fingerprint density at radius 1 is 1.27 bits per heavy atom. The van der Waals surface area contributed by atoms with Gasteiger partial charge in [-0.2, -0.15) is 5.10 Å². The van der Waals surface area contributed by atoms with E-state index in [-0.39, 0.29) is 17.8 Å². The summed E-state index contributed by atoms with van der Waals surface area (Å²) < 4.78 is 5.65. The number of rotatable bonds is 6. The van der Waals surface area contributed by atoms with E-state index in [1.807, 2.05) is 55.3 Å². The van der Waals surface area contributed by atoms with Crippen LogP contribution in [0.15, 0.2) is 42.7 Å². The van der Waals surface area contributed by atoms with E-state index in [2.05, 4.69) is 25.5 Å². The molecule has 0 saturated carbocycles. The van der Waals surface area contributed by atoms with E-state index in [0.717, 1.165) is 28.8 Å². The van der Waals surface area contributed by atoms with E-state index in [0.29, 0.717) is 32.1 Å². The summed E-state index contributed by atoms with van der Waals surface area (Å²) in [4.78, 5) is 24.3. The van der Waals surface area contributed by atoms with Gasteiger partial charge in [0.05, 0.1) is 25.5 Å². The molecule has 30 heavy (non-hydrogen) atoms. The van der Waals surface area contributed by atoms with Crippen LogP contribution in [0.1, 0.15) is 39.0 Å². The lowest BCUT2D eigenvalue weighted by Crippen LogP contribution is -2.44. The Morgan fingerprint density at radius 3 is 2.87 bits per heavy atom. The van der Waals surface area contributed by atoms with Crippen molar-refractivity contribution < 1.29 is 9.53 Å². The molecule has 1 saturated heterocycles. The number of aromatic amines is 1. The number of aryl methyl sites for hydroxylation is 1. The molecule has 3 aromatic rings. The second kappa shape index (κ2) is 9.04. The van der Waals surface area contributed by atoms with Gasteiger partial charge < -0.3 is 15.0 Å². The second-order valence-corrected chi connectivity index (χ2v) is 7.39. The normalized spacial score (nSPS) is 16.5. The van der Waals surface area contributed by atoms with Crippen LogP contribution in [0.3, 0.4) is 0 Å². The largest absolute Gasteiger partial charge is 0.377 e. The quantitative estimate of drug-likeness (QED) is 0.653. The van der Waals surface area contributed by atoms with Crippen LogP contribution in [-0.2, 0) is 11.2 Å². The van der Waals surface area contributed by atoms with Crippen molar-refractivity contribution in [3.63, 3.8) is 0 Å². The predicted molar refractivity (Wildman–Crippen MR) is 113 cm³/mol. The van der Waals surface area contributed by atoms with Gasteiger partial charge in [0.25, 0.3) is 5.91 Å². The SMILES string of the molecule is Cc1nc(C(=O)N2CCOC[C@H]2c2ccccc2)nc(NCCc2cn[nH]c2)c1C. The number of hydrogen-bond acceptors (Lipinski definition) is 6. The van der Waals surface area contributed by atoms with E-state index >= 15 is 0 Å². The zero-order valence-electron chi connectivity index (χ0n) is 17.3. The van der Waals surface area contributed by atoms with Crippen molar-refractivity contribution in [2.45, 2.75) is 26.3 Å². The molecule has 156 valence electrons. The van der Waals surface area contributed by atoms with Crippen molar-refractivity contribution in [1.29, 1.82) is 0 Å². The molecule has 4 rings (SSSR count). The Labute approximate surface area is 175 Å². The lowest BCUT2D eigenvalue weighted by Gasteiger charge is -2.35. The van der Waals surface area contributed by atoms with Crippen LogP contribution in [0.2, 0.25) is 0 Å². The van der Waals surface area contributed by atoms with Crippen LogP contribution in [0.25, 0.3) is 0 Å². The second-order valence-electron chi connectivity index (χ2n) is 7.39. The molecule has 8 heteroatoms. The minimum atomic E-state index is -0.173. The van der Waals surface area contributed by atoms with Crippen LogP contribution < -0.4 is 5.32 Å². The molecular formula is C22H26N6O2. The van der Waals surface area contributed by atoms with Crippen LogP contribution >= 0.6 is 0 Å². The molecule has 3 heterocycles. The first-order valence-electron chi connectivity index (χ1n) is 10.1. The average molecular weight is 406 g/mol. The number of carbonyl (C=O) groups excluding carboxylic acids is 1. The highest BCUT2D eigenvalue weighted by molar-refractivity contribution is 5.91. The summed E-state index contributed by atoms with van der Waals surface area (Å²) in [5.74, 6) is 0.735. The molecule has 1 aliphatic heterocycles. The molecule has 0 aliphatic carbocycles. The number of morpholine rings is 1. The van der Waals surface area contributed by atoms with Crippen molar-refractivity contribution in [3.8, 4) is 0 Å². The third kappa shape index (κ3) is 4.33. The van der Waals surface area contributed by atoms with Gasteiger partial charge in [0.15, 0.2) is 0 Å². The smallest absolute Gasteiger partial charge is 0.292 e. The minimum absolute atomic E-state index is 0.143. The Balaban J connectivity index is 1.54. The molecule has 0 bridgehead atoms. The van der Waals surface area contributed by atoms with E-state index in [1.54, 1.807) is 6.20 Å². The lowest BCUT2D eigenvalue weighted by atomic mass is 10.0. The monoisotopic (exact) mass is 406 g/mol. The molecule has 1 aliphatic rings. The number of carbonyl (C=O) groups is 1. The fourth-order valence-electron chi connectivity index (χ4n) is 3.56. The standard InChI is InChI=1S/C22H26N6O2/c1-15-16(2)26-21(27-20(15)23-9-8-17-12-24-25-13-17)22(29)28-10-11-30-14-19(28)18-6-4-3-5-7-18/h3-7,12-13,19H,8-11,14H2,1-2H3,(H,24,25)(H,23,26,27)/t19-/m0/s1. The average Bonchev–Trinajstić information content (AvgIpc) is 3.30. The van der Waals surface area contributed by atoms with E-state index in [4.69, 9.17) is 4.74 Å². The summed E-state index contributed by atoms with van der Waals surface area (Å²) in [7, 11) is 0. The van der Waals surface area contributed by atoms with Crippen LogP contribution in [-0.4, -0.2) is 57.3 Å². The van der Waals surface area contributed by atoms with Crippen molar-refractivity contribution in [3.05, 3.63) is 70.9 Å². The summed E-state index contributed by atoms with van der Waals surface area (Å²) in [6, 6.07) is 9.80. The summed E-state index contributed by atoms with van der Waals surface area (Å²) in [5.41, 5.74) is 3.90. The topological polar surface area (TPSA) is 96.0 Å². The van der Waals surface area contributed by atoms with Gasteiger partial charge in [-0.15, -0.1) is 0 Å². The number of nitrogens with one attached hydrogen (secondary N) is 2. The number of aromatic nitrogens is 4. The molecule has 0 spiro atoms. The zero-order valence-corrected chi connectivity index (χ0v) is 17.3. The molecule has 1 fully saturated rings. The number of hydrogen-bond donors (Lipinski definition) is 2. The lowest BCUT2D eigenvalue weighted by molar-refractivity contribution is -0.00335. The fraction of sp³-hybridized carbons (Fsp3) is 0.364. The first-order chi connectivity index (χ1) is 14.6. The molecule has 2 aromatic heterocycles. The Kier molecular flexibility index (Phi) is 6.04. The number of nitrogens with zero attached hydrogens (tertiary/aromatic N) is 4. The molecule has 1 amide bonds. The number of benzene rings is 1. The van der Waals surface area contributed by atoms with E-state index in [1.165, 1.54) is 0 Å². The molecule has 2 N–H and O–H groups in total. The van der Waals surface area contributed by atoms with E-state index in [9.17, 15) is 4.79 Å². The van der Waals surface area contributed by atoms with Crippen LogP contribution in [0, 0.1) is 13.8 Å². The molecule has 0 unspecified atom stereocenters. The minimum Gasteiger partial charge on any atom is -0.377 e. The maximum absolute atomic E-state index is 13.4. The van der Waals surface area contributed by atoms with Gasteiger partial charge in [-0.3, -0.25) is 9.89 Å². The van der Waals surface area contributed by atoms with Gasteiger partial charge in [0, 0.05) is 30.5 Å². The molecule has 1 aromatic carbocycles. The molecular weight excluding hydrogens is 380 g/mol. The van der Waals surface area contributed by atoms with Crippen LogP contribution in [0.5, 0.6) is 0 Å². The third-order valence-electron chi connectivity index (χ3n) is 5.42. The van der Waals surface area contributed by atoms with Crippen molar-refractivity contribution in [1.82, 2.24) is 25.1 Å². The Morgan fingerprint density at radius 2 is 2.10 bits per heavy atom. The highest BCUT2D eigenvalue weighted by atomic mass is 16.5. The summed E-state index contributed by atoms with van der Waals surface area (Å²) in [6.45, 7) is 6.05. The number of ether oxygens (including phenoxy) is 1. The molecule has 0 radical (unpaired) electrons. The van der Waals surface area contributed by atoms with E-state index < -0.39 is 0 Å². The predicted octanol–water partition coefficient (Wildman–Crippen LogP) is 2.68. The Hall–Kier alpha value is -3.26. The summed E-state index contributed by atoms with van der Waals surface area (Å²) in [6.07, 6.45) is 4.48. The van der Waals surface area contributed by atoms with Gasteiger partial charge in [0.1, 0.15) is 5.82 Å². The van der Waals surface area contributed by atoms with Crippen molar-refractivity contribution in [2.75, 3.05) is 31.6 Å². The van der Waals surface area contributed by atoms with Crippen molar-refractivity contribution >= 4 is 11.7 Å². The number of anilines is 1. The number of amides is 1. The molecule has 1 atom stereocenters. The molecule has 8 nitrogen and oxygen atoms in total. The Bertz CT molecular complexity index is 990. The van der Waals surface area contributed by atoms with Gasteiger partial charge in [-0.05, 0) is 31.4 Å². The highest BCUT2D eigenvalue weighted by Crippen LogP contribution is 2.26. The van der Waals surface area contributed by atoms with Crippen LogP contribution in [0.4, 0.5) is 5.82 Å². The first-order valence-corrected chi connectivity index (χ1v) is 10.1. The third-order valence-corrected chi connectivity index (χ3v) is 5.42. The first kappa shape index (κ1) is 20.0. The zero-order chi connectivity index (χ0) is 20.9. The maximum atomic E-state index is 13.4. The van der Waals surface area contributed by atoms with Gasteiger partial charge >= 0.3 is 0 Å². The van der Waals surface area contributed by atoms with Gasteiger partial charge in [0.2, 0.25) is 5.82 Å². The summed E-state index contributed by atoms with van der Waals surface area (Å²) >= 11 is 0. The van der Waals surface area contributed by atoms with Gasteiger partial charge in [-0.25, -0.2) is 9.97 Å². The maximum Gasteiger partial charge on any atom is 0.292 e. The highest BCUT2D eigenvalue weighted by Gasteiger charge is 2.31. The number of H-pyrrole nitrogens is 1. The summed E-state index contributed by atoms with van der Waals surface area (Å²) in [5, 5.41) is 10.1. The van der Waals surface area contributed by atoms with Gasteiger partial charge in [-0.1, -0.05) is 30.3 Å². The fourth-order valence-corrected chi connectivity index (χ4v) is 3.56. The van der Waals surface area contributed by atoms with Crippen molar-refractivity contribution in [2.24, 2.45) is 0 Å².